The number of benzene rings is 1. The van der Waals surface area contributed by atoms with Gasteiger partial charge in [-0.05, 0) is 36.7 Å². The Morgan fingerprint density at radius 1 is 1.31 bits per heavy atom. The number of nitrogens with zero attached hydrogens (tertiary/aromatic N) is 4. The van der Waals surface area contributed by atoms with Gasteiger partial charge in [-0.2, -0.15) is 0 Å². The van der Waals surface area contributed by atoms with Crippen molar-refractivity contribution >= 4 is 23.3 Å². The Morgan fingerprint density at radius 3 is 2.81 bits per heavy atom. The highest BCUT2D eigenvalue weighted by Gasteiger charge is 2.13. The molecular weight excluding hydrogens is 356 g/mol. The van der Waals surface area contributed by atoms with E-state index in [4.69, 9.17) is 9.15 Å². The van der Waals surface area contributed by atoms with E-state index in [-0.39, 0.29) is 6.03 Å². The van der Waals surface area contributed by atoms with Gasteiger partial charge in [-0.25, -0.2) is 4.79 Å². The molecule has 0 spiro atoms. The molecule has 0 saturated heterocycles. The van der Waals surface area contributed by atoms with Crippen molar-refractivity contribution in [3.05, 3.63) is 34.7 Å². The number of carbonyl (C=O) groups excluding carboxylic acids is 1. The van der Waals surface area contributed by atoms with Crippen LogP contribution in [-0.4, -0.2) is 32.9 Å². The molecule has 26 heavy (non-hydrogen) atoms. The Balaban J connectivity index is 1.73. The maximum Gasteiger partial charge on any atom is 0.319 e. The molecule has 3 rings (SSSR count). The van der Waals surface area contributed by atoms with E-state index in [0.717, 1.165) is 10.6 Å². The van der Waals surface area contributed by atoms with Crippen molar-refractivity contribution < 1.29 is 13.9 Å². The molecule has 9 nitrogen and oxygen atoms in total. The zero-order valence-electron chi connectivity index (χ0n) is 14.6. The van der Waals surface area contributed by atoms with E-state index >= 15 is 0 Å². The fourth-order valence-electron chi connectivity index (χ4n) is 2.19. The number of urea groups is 1. The zero-order chi connectivity index (χ0) is 18.5. The Bertz CT molecular complexity index is 907. The molecule has 0 aliphatic heterocycles. The minimum absolute atomic E-state index is 0.348. The summed E-state index contributed by atoms with van der Waals surface area (Å²) in [6.45, 7) is 4.13. The van der Waals surface area contributed by atoms with Crippen molar-refractivity contribution in [2.75, 3.05) is 12.4 Å². The fourth-order valence-corrected chi connectivity index (χ4v) is 2.76. The molecule has 136 valence electrons. The molecule has 0 bridgehead atoms. The first-order chi connectivity index (χ1) is 12.6. The molecule has 0 fully saturated rings. The van der Waals surface area contributed by atoms with E-state index in [0.29, 0.717) is 41.7 Å². The summed E-state index contributed by atoms with van der Waals surface area (Å²) in [5.74, 6) is 1.46. The van der Waals surface area contributed by atoms with Crippen molar-refractivity contribution in [3.8, 4) is 17.2 Å². The highest BCUT2D eigenvalue weighted by molar-refractivity contribution is 7.05. The van der Waals surface area contributed by atoms with Crippen molar-refractivity contribution in [1.29, 1.82) is 0 Å². The Morgan fingerprint density at radius 2 is 2.15 bits per heavy atom. The number of ether oxygens (including phenoxy) is 1. The quantitative estimate of drug-likeness (QED) is 0.681. The summed E-state index contributed by atoms with van der Waals surface area (Å²) in [7, 11) is 1.53. The second kappa shape index (κ2) is 7.91. The topological polar surface area (TPSA) is 115 Å². The van der Waals surface area contributed by atoms with Crippen LogP contribution in [0.25, 0.3) is 11.5 Å². The molecule has 0 unspecified atom stereocenters. The molecule has 2 N–H and O–H groups in total. The molecule has 0 aliphatic carbocycles. The van der Waals surface area contributed by atoms with Gasteiger partial charge in [0.15, 0.2) is 0 Å². The number of hydrogen-bond acceptors (Lipinski definition) is 8. The normalized spacial score (nSPS) is 10.6. The molecule has 0 saturated carbocycles. The van der Waals surface area contributed by atoms with E-state index in [9.17, 15) is 4.79 Å². The van der Waals surface area contributed by atoms with Gasteiger partial charge in [-0.3, -0.25) is 0 Å². The van der Waals surface area contributed by atoms with Crippen LogP contribution in [0.3, 0.4) is 0 Å². The number of hydrogen-bond donors (Lipinski definition) is 2. The van der Waals surface area contributed by atoms with E-state index < -0.39 is 0 Å². The van der Waals surface area contributed by atoms with Gasteiger partial charge in [0, 0.05) is 12.0 Å². The Kier molecular flexibility index (Phi) is 5.42. The largest absolute Gasteiger partial charge is 0.495 e. The summed E-state index contributed by atoms with van der Waals surface area (Å²) in [4.78, 5) is 13.1. The second-order valence-electron chi connectivity index (χ2n) is 5.36. The standard InChI is InChI=1S/C16H18N6O3S/c1-4-14-20-21-15(25-14)10-5-6-12(24-3)11(7-10)18-16(23)17-8-13-9(2)19-22-26-13/h5-7H,4,8H2,1-3H3,(H2,17,18,23). The van der Waals surface area contributed by atoms with Crippen LogP contribution in [0.2, 0.25) is 0 Å². The minimum Gasteiger partial charge on any atom is -0.495 e. The highest BCUT2D eigenvalue weighted by Crippen LogP contribution is 2.30. The third kappa shape index (κ3) is 3.97. The lowest BCUT2D eigenvalue weighted by atomic mass is 10.2. The number of aromatic nitrogens is 4. The van der Waals surface area contributed by atoms with Crippen molar-refractivity contribution in [2.45, 2.75) is 26.8 Å². The highest BCUT2D eigenvalue weighted by atomic mass is 32.1. The van der Waals surface area contributed by atoms with Gasteiger partial charge in [-0.15, -0.1) is 15.3 Å². The van der Waals surface area contributed by atoms with Crippen LogP contribution >= 0.6 is 11.5 Å². The molecule has 0 radical (unpaired) electrons. The Hall–Kier alpha value is -3.01. The number of nitrogens with one attached hydrogen (secondary N) is 2. The van der Waals surface area contributed by atoms with E-state index in [2.05, 4.69) is 30.4 Å². The molecule has 1 aromatic carbocycles. The first-order valence-corrected chi connectivity index (χ1v) is 8.71. The zero-order valence-corrected chi connectivity index (χ0v) is 15.4. The molecule has 10 heteroatoms. The smallest absolute Gasteiger partial charge is 0.319 e. The summed E-state index contributed by atoms with van der Waals surface area (Å²) in [6, 6.07) is 4.89. The lowest BCUT2D eigenvalue weighted by Crippen LogP contribution is -2.28. The lowest BCUT2D eigenvalue weighted by Gasteiger charge is -2.11. The summed E-state index contributed by atoms with van der Waals surface area (Å²) in [5, 5.41) is 17.4. The van der Waals surface area contributed by atoms with Crippen LogP contribution < -0.4 is 15.4 Å². The SMILES string of the molecule is CCc1nnc(-c2ccc(OC)c(NC(=O)NCc3snnc3C)c2)o1. The first kappa shape index (κ1) is 17.8. The predicted octanol–water partition coefficient (Wildman–Crippen LogP) is 2.79. The Labute approximate surface area is 154 Å². The van der Waals surface area contributed by atoms with Crippen molar-refractivity contribution in [2.24, 2.45) is 0 Å². The number of anilines is 1. The average Bonchev–Trinajstić information content (AvgIpc) is 3.28. The predicted molar refractivity (Wildman–Crippen MR) is 96.2 cm³/mol. The molecular formula is C16H18N6O3S. The van der Waals surface area contributed by atoms with E-state index in [1.807, 2.05) is 13.8 Å². The molecule has 2 aromatic heterocycles. The summed E-state index contributed by atoms with van der Waals surface area (Å²) >= 11 is 1.25. The molecule has 2 amide bonds. The summed E-state index contributed by atoms with van der Waals surface area (Å²) in [5.41, 5.74) is 1.99. The van der Waals surface area contributed by atoms with Crippen molar-refractivity contribution in [3.63, 3.8) is 0 Å². The number of aryl methyl sites for hydroxylation is 2. The second-order valence-corrected chi connectivity index (χ2v) is 6.20. The summed E-state index contributed by atoms with van der Waals surface area (Å²) < 4.78 is 14.7. The van der Waals surface area contributed by atoms with Gasteiger partial charge in [0.25, 0.3) is 0 Å². The number of amides is 2. The van der Waals surface area contributed by atoms with Crippen LogP contribution in [0.4, 0.5) is 10.5 Å². The van der Waals surface area contributed by atoms with Gasteiger partial charge in [0.2, 0.25) is 11.8 Å². The average molecular weight is 374 g/mol. The van der Waals surface area contributed by atoms with E-state index in [1.54, 1.807) is 18.2 Å². The number of methoxy groups -OCH3 is 1. The number of rotatable bonds is 6. The molecule has 2 heterocycles. The van der Waals surface area contributed by atoms with Crippen LogP contribution in [0.1, 0.15) is 23.4 Å². The van der Waals surface area contributed by atoms with Crippen LogP contribution in [-0.2, 0) is 13.0 Å². The fraction of sp³-hybridized carbons (Fsp3) is 0.312. The van der Waals surface area contributed by atoms with Gasteiger partial charge in [-0.1, -0.05) is 11.4 Å². The van der Waals surface area contributed by atoms with Crippen LogP contribution in [0.15, 0.2) is 22.6 Å². The maximum atomic E-state index is 12.2. The van der Waals surface area contributed by atoms with Gasteiger partial charge in [0.05, 0.1) is 29.9 Å². The summed E-state index contributed by atoms with van der Waals surface area (Å²) in [6.07, 6.45) is 0.655. The third-order valence-corrected chi connectivity index (χ3v) is 4.44. The maximum absolute atomic E-state index is 12.2. The van der Waals surface area contributed by atoms with E-state index in [1.165, 1.54) is 18.6 Å². The molecule has 0 atom stereocenters. The number of carbonyl (C=O) groups is 1. The van der Waals surface area contributed by atoms with Crippen LogP contribution in [0, 0.1) is 6.92 Å². The van der Waals surface area contributed by atoms with Crippen molar-refractivity contribution in [1.82, 2.24) is 25.1 Å². The monoisotopic (exact) mass is 374 g/mol. The van der Waals surface area contributed by atoms with Gasteiger partial charge in [0.1, 0.15) is 5.75 Å². The van der Waals surface area contributed by atoms with Gasteiger partial charge < -0.3 is 19.8 Å². The third-order valence-electron chi connectivity index (χ3n) is 3.62. The minimum atomic E-state index is -0.368. The first-order valence-electron chi connectivity index (χ1n) is 7.94. The molecule has 0 aliphatic rings. The van der Waals surface area contributed by atoms with Gasteiger partial charge >= 0.3 is 6.03 Å². The van der Waals surface area contributed by atoms with Crippen LogP contribution in [0.5, 0.6) is 5.75 Å². The lowest BCUT2D eigenvalue weighted by molar-refractivity contribution is 0.251. The molecule has 3 aromatic rings.